The lowest BCUT2D eigenvalue weighted by Gasteiger charge is -2.19. The van der Waals surface area contributed by atoms with E-state index in [1.54, 1.807) is 0 Å². The Balaban J connectivity index is 4.24. The first-order valence-corrected chi connectivity index (χ1v) is 22.6. The number of unbranched alkanes of at least 4 members (excludes halogenated alkanes) is 18. The summed E-state index contributed by atoms with van der Waals surface area (Å²) in [5.41, 5.74) is 5.34. The van der Waals surface area contributed by atoms with Crippen LogP contribution in [0.2, 0.25) is 0 Å². The van der Waals surface area contributed by atoms with Gasteiger partial charge in [0.15, 0.2) is 6.10 Å². The molecule has 0 spiro atoms. The van der Waals surface area contributed by atoms with Gasteiger partial charge in [-0.2, -0.15) is 0 Å². The van der Waals surface area contributed by atoms with Gasteiger partial charge < -0.3 is 20.1 Å². The molecule has 10 heteroatoms. The maximum absolute atomic E-state index is 12.6. The topological polar surface area (TPSA) is 134 Å². The van der Waals surface area contributed by atoms with E-state index < -0.39 is 32.5 Å². The molecular formula is C43H78NO8P. The molecule has 0 aliphatic rings. The van der Waals surface area contributed by atoms with Gasteiger partial charge in [-0.1, -0.05) is 140 Å². The summed E-state index contributed by atoms with van der Waals surface area (Å²) < 4.78 is 32.7. The highest BCUT2D eigenvalue weighted by molar-refractivity contribution is 7.47. The second-order valence-electron chi connectivity index (χ2n) is 13.8. The van der Waals surface area contributed by atoms with Crippen molar-refractivity contribution in [3.05, 3.63) is 48.6 Å². The molecule has 0 aliphatic carbocycles. The Hall–Kier alpha value is -2.03. The number of ether oxygens (including phenoxy) is 2. The van der Waals surface area contributed by atoms with Crippen LogP contribution in [0.15, 0.2) is 48.6 Å². The zero-order valence-electron chi connectivity index (χ0n) is 33.7. The monoisotopic (exact) mass is 768 g/mol. The molecule has 308 valence electrons. The molecule has 0 aromatic heterocycles. The Labute approximate surface area is 324 Å². The number of hydrogen-bond acceptors (Lipinski definition) is 8. The minimum absolute atomic E-state index is 0.0469. The summed E-state index contributed by atoms with van der Waals surface area (Å²) in [5, 5.41) is 0. The van der Waals surface area contributed by atoms with E-state index in [1.807, 2.05) is 0 Å². The van der Waals surface area contributed by atoms with E-state index in [1.165, 1.54) is 70.6 Å². The second-order valence-corrected chi connectivity index (χ2v) is 15.3. The number of carbonyl (C=O) groups is 2. The number of phosphoric acid groups is 1. The summed E-state index contributed by atoms with van der Waals surface area (Å²) >= 11 is 0. The molecule has 3 N–H and O–H groups in total. The summed E-state index contributed by atoms with van der Waals surface area (Å²) in [6.07, 6.45) is 44.2. The zero-order chi connectivity index (χ0) is 38.9. The largest absolute Gasteiger partial charge is 0.472 e. The predicted octanol–water partition coefficient (Wildman–Crippen LogP) is 11.9. The van der Waals surface area contributed by atoms with Crippen LogP contribution in [-0.2, 0) is 32.7 Å². The van der Waals surface area contributed by atoms with Crippen LogP contribution >= 0.6 is 7.82 Å². The maximum Gasteiger partial charge on any atom is 0.472 e. The van der Waals surface area contributed by atoms with E-state index in [0.717, 1.165) is 77.0 Å². The molecule has 53 heavy (non-hydrogen) atoms. The summed E-state index contributed by atoms with van der Waals surface area (Å²) in [7, 11) is -4.38. The van der Waals surface area contributed by atoms with Crippen LogP contribution in [-0.4, -0.2) is 49.3 Å². The van der Waals surface area contributed by atoms with E-state index in [0.29, 0.717) is 6.42 Å². The van der Waals surface area contributed by atoms with Crippen LogP contribution in [0.1, 0.15) is 181 Å². The highest BCUT2D eigenvalue weighted by atomic mass is 31.2. The molecule has 0 aliphatic heterocycles. The SMILES string of the molecule is CCCCCC=CCC=CCC=CCCCCCCC(=O)OC(COC(=O)CCCCCCCC=CCCCCCCCC)COP(=O)(O)OCCN. The van der Waals surface area contributed by atoms with Gasteiger partial charge in [0.1, 0.15) is 6.61 Å². The molecule has 0 amide bonds. The van der Waals surface area contributed by atoms with Crippen molar-refractivity contribution in [2.45, 2.75) is 187 Å². The second kappa shape index (κ2) is 39.7. The van der Waals surface area contributed by atoms with Gasteiger partial charge in [-0.25, -0.2) is 4.57 Å². The fourth-order valence-corrected chi connectivity index (χ4v) is 6.28. The van der Waals surface area contributed by atoms with Crippen LogP contribution in [0.5, 0.6) is 0 Å². The van der Waals surface area contributed by atoms with Crippen LogP contribution in [0.4, 0.5) is 0 Å². The molecule has 9 nitrogen and oxygen atoms in total. The fourth-order valence-electron chi connectivity index (χ4n) is 5.52. The number of nitrogens with two attached hydrogens (primary N) is 1. The smallest absolute Gasteiger partial charge is 0.462 e. The normalized spacial score (nSPS) is 13.8. The Morgan fingerprint density at radius 3 is 1.51 bits per heavy atom. The van der Waals surface area contributed by atoms with Gasteiger partial charge in [-0.3, -0.25) is 18.6 Å². The molecule has 0 heterocycles. The summed E-state index contributed by atoms with van der Waals surface area (Å²) in [6.45, 7) is 3.66. The van der Waals surface area contributed by atoms with Crippen LogP contribution in [0.3, 0.4) is 0 Å². The van der Waals surface area contributed by atoms with Gasteiger partial charge in [0.25, 0.3) is 0 Å². The van der Waals surface area contributed by atoms with Gasteiger partial charge in [0.2, 0.25) is 0 Å². The van der Waals surface area contributed by atoms with E-state index >= 15 is 0 Å². The third-order valence-corrected chi connectivity index (χ3v) is 9.67. The van der Waals surface area contributed by atoms with Crippen molar-refractivity contribution in [1.82, 2.24) is 0 Å². The lowest BCUT2D eigenvalue weighted by molar-refractivity contribution is -0.161. The molecule has 0 saturated carbocycles. The lowest BCUT2D eigenvalue weighted by Crippen LogP contribution is -2.29. The van der Waals surface area contributed by atoms with E-state index in [4.69, 9.17) is 24.3 Å². The first-order valence-electron chi connectivity index (χ1n) is 21.1. The minimum Gasteiger partial charge on any atom is -0.462 e. The van der Waals surface area contributed by atoms with E-state index in [-0.39, 0.29) is 32.6 Å². The van der Waals surface area contributed by atoms with Gasteiger partial charge in [0.05, 0.1) is 13.2 Å². The number of carbonyl (C=O) groups excluding carboxylic acids is 2. The Kier molecular flexibility index (Phi) is 38.1. The average molecular weight is 768 g/mol. The molecule has 0 bridgehead atoms. The molecule has 0 aromatic rings. The van der Waals surface area contributed by atoms with Gasteiger partial charge in [0, 0.05) is 19.4 Å². The highest BCUT2D eigenvalue weighted by Gasteiger charge is 2.26. The summed E-state index contributed by atoms with van der Waals surface area (Å²) in [5.74, 6) is -0.865. The third kappa shape index (κ3) is 39.5. The highest BCUT2D eigenvalue weighted by Crippen LogP contribution is 2.43. The van der Waals surface area contributed by atoms with Crippen LogP contribution in [0.25, 0.3) is 0 Å². The van der Waals surface area contributed by atoms with Crippen molar-refractivity contribution in [2.75, 3.05) is 26.4 Å². The average Bonchev–Trinajstić information content (AvgIpc) is 3.14. The molecule has 0 aromatic carbocycles. The van der Waals surface area contributed by atoms with Crippen molar-refractivity contribution >= 4 is 19.8 Å². The van der Waals surface area contributed by atoms with Gasteiger partial charge in [-0.05, 0) is 77.0 Å². The number of hydrogen-bond donors (Lipinski definition) is 2. The molecule has 0 rings (SSSR count). The minimum atomic E-state index is -4.38. The van der Waals surface area contributed by atoms with Crippen molar-refractivity contribution in [3.8, 4) is 0 Å². The van der Waals surface area contributed by atoms with Crippen molar-refractivity contribution < 1.29 is 37.6 Å². The Bertz CT molecular complexity index is 1010. The predicted molar refractivity (Wildman–Crippen MR) is 220 cm³/mol. The number of allylic oxidation sites excluding steroid dienone is 8. The van der Waals surface area contributed by atoms with Crippen molar-refractivity contribution in [1.29, 1.82) is 0 Å². The van der Waals surface area contributed by atoms with Gasteiger partial charge >= 0.3 is 19.8 Å². The Morgan fingerprint density at radius 1 is 0.566 bits per heavy atom. The zero-order valence-corrected chi connectivity index (χ0v) is 34.6. The number of esters is 2. The van der Waals surface area contributed by atoms with Crippen LogP contribution < -0.4 is 5.73 Å². The molecular weight excluding hydrogens is 689 g/mol. The van der Waals surface area contributed by atoms with Crippen molar-refractivity contribution in [3.63, 3.8) is 0 Å². The summed E-state index contributed by atoms with van der Waals surface area (Å²) in [4.78, 5) is 34.8. The first-order chi connectivity index (χ1) is 25.8. The Morgan fingerprint density at radius 2 is 0.981 bits per heavy atom. The molecule has 0 fully saturated rings. The van der Waals surface area contributed by atoms with Crippen molar-refractivity contribution in [2.24, 2.45) is 5.73 Å². The lowest BCUT2D eigenvalue weighted by atomic mass is 10.1. The standard InChI is InChI=1S/C43H78NO8P/c1-3-5-7-9-11-13-15-17-19-20-22-24-26-28-30-32-34-36-43(46)52-41(40-51-53(47,48)50-38-37-44)39-49-42(45)35-33-31-29-27-25-23-21-18-16-14-12-10-8-6-4-2/h11,13,17-19,21-22,24,41H,3-10,12,14-16,20,23,25-40,44H2,1-2H3,(H,47,48). The van der Waals surface area contributed by atoms with Crippen LogP contribution in [0, 0.1) is 0 Å². The summed E-state index contributed by atoms with van der Waals surface area (Å²) in [6, 6.07) is 0. The third-order valence-electron chi connectivity index (χ3n) is 8.69. The first kappa shape index (κ1) is 51.0. The maximum atomic E-state index is 12.6. The number of rotatable bonds is 39. The quantitative estimate of drug-likeness (QED) is 0.0271. The molecule has 2 unspecified atom stereocenters. The molecule has 0 saturated heterocycles. The van der Waals surface area contributed by atoms with E-state index in [2.05, 4.69) is 62.5 Å². The van der Waals surface area contributed by atoms with E-state index in [9.17, 15) is 19.0 Å². The fraction of sp³-hybridized carbons (Fsp3) is 0.767. The van der Waals surface area contributed by atoms with Gasteiger partial charge in [-0.15, -0.1) is 0 Å². The molecule has 2 atom stereocenters. The molecule has 0 radical (unpaired) electrons. The number of phosphoric ester groups is 1.